The van der Waals surface area contributed by atoms with Crippen molar-refractivity contribution in [3.8, 4) is 0 Å². The van der Waals surface area contributed by atoms with Gasteiger partial charge in [0.25, 0.3) is 0 Å². The third kappa shape index (κ3) is 4.52. The lowest BCUT2D eigenvalue weighted by molar-refractivity contribution is 0.0440. The molecule has 0 saturated heterocycles. The van der Waals surface area contributed by atoms with Crippen LogP contribution >= 0.6 is 0 Å². The molecule has 15 heavy (non-hydrogen) atoms. The zero-order valence-corrected chi connectivity index (χ0v) is 11.5. The molecule has 0 aromatic heterocycles. The number of aliphatic hydroxyl groups is 1. The Labute approximate surface area is 95.5 Å². The Morgan fingerprint density at radius 3 is 1.87 bits per heavy atom. The van der Waals surface area contributed by atoms with Gasteiger partial charge >= 0.3 is 0 Å². The number of aliphatic hydroxyl groups excluding tert-OH is 1. The normalized spacial score (nSPS) is 20.8. The van der Waals surface area contributed by atoms with Gasteiger partial charge in [-0.05, 0) is 25.7 Å². The van der Waals surface area contributed by atoms with E-state index in [9.17, 15) is 5.11 Å². The Hall–Kier alpha value is -0.0800. The summed E-state index contributed by atoms with van der Waals surface area (Å²) in [7, 11) is 0. The standard InChI is InChI=1S/C13H29NO/c1-8-13(7,11(3)15)9-14-10(2)12(4,5)6/h10-11,14-15H,8-9H2,1-7H3. The van der Waals surface area contributed by atoms with Gasteiger partial charge in [0.15, 0.2) is 0 Å². The fourth-order valence-electron chi connectivity index (χ4n) is 1.26. The highest BCUT2D eigenvalue weighted by Gasteiger charge is 2.29. The highest BCUT2D eigenvalue weighted by molar-refractivity contribution is 4.84. The molecule has 92 valence electrons. The van der Waals surface area contributed by atoms with Crippen LogP contribution in [0.5, 0.6) is 0 Å². The van der Waals surface area contributed by atoms with Gasteiger partial charge in [0, 0.05) is 18.0 Å². The lowest BCUT2D eigenvalue weighted by Gasteiger charge is -2.36. The van der Waals surface area contributed by atoms with E-state index in [-0.39, 0.29) is 16.9 Å². The second-order valence-corrected chi connectivity index (χ2v) is 6.15. The van der Waals surface area contributed by atoms with E-state index in [4.69, 9.17) is 0 Å². The van der Waals surface area contributed by atoms with E-state index >= 15 is 0 Å². The van der Waals surface area contributed by atoms with E-state index in [0.717, 1.165) is 13.0 Å². The van der Waals surface area contributed by atoms with Crippen molar-refractivity contribution in [2.45, 2.75) is 67.0 Å². The van der Waals surface area contributed by atoms with E-state index in [1.807, 2.05) is 6.92 Å². The molecule has 0 saturated carbocycles. The summed E-state index contributed by atoms with van der Waals surface area (Å²) < 4.78 is 0. The SMILES string of the molecule is CCC(C)(CNC(C)C(C)(C)C)C(C)O. The Morgan fingerprint density at radius 1 is 1.13 bits per heavy atom. The zero-order valence-electron chi connectivity index (χ0n) is 11.5. The zero-order chi connectivity index (χ0) is 12.3. The van der Waals surface area contributed by atoms with E-state index in [1.54, 1.807) is 0 Å². The topological polar surface area (TPSA) is 32.3 Å². The molecule has 0 bridgehead atoms. The highest BCUT2D eigenvalue weighted by atomic mass is 16.3. The molecule has 0 aromatic rings. The second-order valence-electron chi connectivity index (χ2n) is 6.15. The molecule has 0 heterocycles. The van der Waals surface area contributed by atoms with Gasteiger partial charge in [-0.1, -0.05) is 34.6 Å². The first-order valence-corrected chi connectivity index (χ1v) is 6.05. The first kappa shape index (κ1) is 14.9. The highest BCUT2D eigenvalue weighted by Crippen LogP contribution is 2.26. The summed E-state index contributed by atoms with van der Waals surface area (Å²) in [6, 6.07) is 0.460. The molecule has 0 aliphatic rings. The Kier molecular flexibility index (Phi) is 5.28. The van der Waals surface area contributed by atoms with Crippen molar-refractivity contribution in [3.05, 3.63) is 0 Å². The predicted octanol–water partition coefficient (Wildman–Crippen LogP) is 2.81. The molecule has 0 fully saturated rings. The van der Waals surface area contributed by atoms with Crippen LogP contribution in [0.2, 0.25) is 0 Å². The summed E-state index contributed by atoms with van der Waals surface area (Å²) >= 11 is 0. The van der Waals surface area contributed by atoms with Gasteiger partial charge < -0.3 is 10.4 Å². The van der Waals surface area contributed by atoms with E-state index < -0.39 is 0 Å². The number of hydrogen-bond donors (Lipinski definition) is 2. The minimum atomic E-state index is -0.262. The molecule has 0 rings (SSSR count). The summed E-state index contributed by atoms with van der Waals surface area (Å²) in [4.78, 5) is 0. The molecular weight excluding hydrogens is 186 g/mol. The molecule has 0 aliphatic heterocycles. The Morgan fingerprint density at radius 2 is 1.60 bits per heavy atom. The van der Waals surface area contributed by atoms with Crippen LogP contribution in [0.4, 0.5) is 0 Å². The van der Waals surface area contributed by atoms with E-state index in [2.05, 4.69) is 46.9 Å². The molecule has 2 N–H and O–H groups in total. The van der Waals surface area contributed by atoms with Crippen molar-refractivity contribution in [1.29, 1.82) is 0 Å². The molecule has 0 aliphatic carbocycles. The first-order chi connectivity index (χ1) is 6.63. The van der Waals surface area contributed by atoms with Crippen molar-refractivity contribution < 1.29 is 5.11 Å². The minimum Gasteiger partial charge on any atom is -0.393 e. The van der Waals surface area contributed by atoms with Gasteiger partial charge in [0.1, 0.15) is 0 Å². The molecule has 0 amide bonds. The average Bonchev–Trinajstić information content (AvgIpc) is 2.11. The maximum atomic E-state index is 9.75. The van der Waals surface area contributed by atoms with Crippen molar-refractivity contribution in [3.63, 3.8) is 0 Å². The minimum absolute atomic E-state index is 0.0144. The molecule has 0 radical (unpaired) electrons. The van der Waals surface area contributed by atoms with Crippen LogP contribution in [0.1, 0.15) is 54.9 Å². The van der Waals surface area contributed by atoms with Crippen LogP contribution in [0.25, 0.3) is 0 Å². The first-order valence-electron chi connectivity index (χ1n) is 6.05. The molecule has 0 spiro atoms. The maximum absolute atomic E-state index is 9.75. The van der Waals surface area contributed by atoms with Crippen LogP contribution in [0, 0.1) is 10.8 Å². The predicted molar refractivity (Wildman–Crippen MR) is 67.0 cm³/mol. The fourth-order valence-corrected chi connectivity index (χ4v) is 1.26. The summed E-state index contributed by atoms with van der Waals surface area (Å²) in [5, 5.41) is 13.3. The van der Waals surface area contributed by atoms with Gasteiger partial charge in [-0.15, -0.1) is 0 Å². The molecule has 0 aromatic carbocycles. The quantitative estimate of drug-likeness (QED) is 0.739. The number of rotatable bonds is 5. The third-order valence-corrected chi connectivity index (χ3v) is 3.93. The monoisotopic (exact) mass is 215 g/mol. The Balaban J connectivity index is 4.25. The summed E-state index contributed by atoms with van der Waals surface area (Å²) in [6.07, 6.45) is 0.733. The lowest BCUT2D eigenvalue weighted by atomic mass is 9.81. The second kappa shape index (κ2) is 5.31. The number of hydrogen-bond acceptors (Lipinski definition) is 2. The van der Waals surface area contributed by atoms with Crippen LogP contribution in [0.3, 0.4) is 0 Å². The van der Waals surface area contributed by atoms with Gasteiger partial charge in [-0.3, -0.25) is 0 Å². The molecule has 3 atom stereocenters. The largest absolute Gasteiger partial charge is 0.393 e. The molecule has 2 heteroatoms. The average molecular weight is 215 g/mol. The molecule has 2 nitrogen and oxygen atoms in total. The molecular formula is C13H29NO. The van der Waals surface area contributed by atoms with Gasteiger partial charge in [0.05, 0.1) is 6.10 Å². The van der Waals surface area contributed by atoms with Crippen LogP contribution in [-0.4, -0.2) is 23.8 Å². The van der Waals surface area contributed by atoms with Crippen molar-refractivity contribution in [2.24, 2.45) is 10.8 Å². The summed E-state index contributed by atoms with van der Waals surface area (Å²) in [5.41, 5.74) is 0.257. The van der Waals surface area contributed by atoms with Crippen LogP contribution in [0.15, 0.2) is 0 Å². The van der Waals surface area contributed by atoms with Crippen molar-refractivity contribution >= 4 is 0 Å². The fraction of sp³-hybridized carbons (Fsp3) is 1.00. The van der Waals surface area contributed by atoms with Crippen LogP contribution in [-0.2, 0) is 0 Å². The summed E-state index contributed by atoms with van der Waals surface area (Å²) in [5.74, 6) is 0. The van der Waals surface area contributed by atoms with E-state index in [1.165, 1.54) is 0 Å². The van der Waals surface area contributed by atoms with Crippen molar-refractivity contribution in [2.75, 3.05) is 6.54 Å². The van der Waals surface area contributed by atoms with Crippen LogP contribution < -0.4 is 5.32 Å². The summed E-state index contributed by atoms with van der Waals surface area (Å²) in [6.45, 7) is 15.9. The van der Waals surface area contributed by atoms with Crippen molar-refractivity contribution in [1.82, 2.24) is 5.32 Å². The van der Waals surface area contributed by atoms with Gasteiger partial charge in [0.2, 0.25) is 0 Å². The maximum Gasteiger partial charge on any atom is 0.0577 e. The molecule has 3 unspecified atom stereocenters. The Bertz CT molecular complexity index is 183. The lowest BCUT2D eigenvalue weighted by Crippen LogP contribution is -2.46. The van der Waals surface area contributed by atoms with E-state index in [0.29, 0.717) is 6.04 Å². The van der Waals surface area contributed by atoms with Gasteiger partial charge in [-0.25, -0.2) is 0 Å². The number of nitrogens with one attached hydrogen (secondary N) is 1. The smallest absolute Gasteiger partial charge is 0.0577 e. The third-order valence-electron chi connectivity index (χ3n) is 3.93. The van der Waals surface area contributed by atoms with Gasteiger partial charge in [-0.2, -0.15) is 0 Å².